The van der Waals surface area contributed by atoms with E-state index in [1.807, 2.05) is 32.0 Å². The molecule has 0 heterocycles. The van der Waals surface area contributed by atoms with Gasteiger partial charge in [0.25, 0.3) is 10.0 Å². The number of alkyl halides is 1. The summed E-state index contributed by atoms with van der Waals surface area (Å²) in [5.74, 6) is 0.295. The van der Waals surface area contributed by atoms with Gasteiger partial charge in [-0.25, -0.2) is 8.42 Å². The number of halogens is 1. The van der Waals surface area contributed by atoms with Crippen LogP contribution in [0.3, 0.4) is 0 Å². The van der Waals surface area contributed by atoms with Gasteiger partial charge in [0.2, 0.25) is 0 Å². The third-order valence-corrected chi connectivity index (χ3v) is 5.63. The zero-order chi connectivity index (χ0) is 15.6. The molecule has 0 aromatic heterocycles. The molecule has 0 bridgehead atoms. The number of benzene rings is 2. The Morgan fingerprint density at radius 3 is 2.33 bits per heavy atom. The number of nitrogens with zero attached hydrogens (tertiary/aromatic N) is 1. The monoisotopic (exact) mass is 323 g/mol. The van der Waals surface area contributed by atoms with Crippen molar-refractivity contribution in [3.8, 4) is 0 Å². The lowest BCUT2D eigenvalue weighted by Gasteiger charge is -2.21. The molecule has 2 aromatic rings. The Morgan fingerprint density at radius 1 is 1.05 bits per heavy atom. The lowest BCUT2D eigenvalue weighted by atomic mass is 10.1. The molecular formula is C16H18ClNO2S. The average molecular weight is 324 g/mol. The van der Waals surface area contributed by atoms with Gasteiger partial charge < -0.3 is 0 Å². The Bertz CT molecular complexity index is 757. The van der Waals surface area contributed by atoms with Gasteiger partial charge in [-0.05, 0) is 48.7 Å². The van der Waals surface area contributed by atoms with Gasteiger partial charge in [0, 0.05) is 12.9 Å². The highest BCUT2D eigenvalue weighted by Gasteiger charge is 2.22. The van der Waals surface area contributed by atoms with Crippen LogP contribution in [0.15, 0.2) is 47.4 Å². The molecule has 2 aromatic carbocycles. The largest absolute Gasteiger partial charge is 0.269 e. The molecule has 5 heteroatoms. The van der Waals surface area contributed by atoms with E-state index in [9.17, 15) is 8.42 Å². The van der Waals surface area contributed by atoms with Crippen molar-refractivity contribution < 1.29 is 8.42 Å². The van der Waals surface area contributed by atoms with Crippen LogP contribution in [0, 0.1) is 13.8 Å². The van der Waals surface area contributed by atoms with E-state index in [0.29, 0.717) is 11.6 Å². The van der Waals surface area contributed by atoms with Crippen LogP contribution in [-0.4, -0.2) is 15.5 Å². The summed E-state index contributed by atoms with van der Waals surface area (Å²) < 4.78 is 26.8. The third-order valence-electron chi connectivity index (χ3n) is 3.58. The van der Waals surface area contributed by atoms with Crippen LogP contribution in [0.25, 0.3) is 0 Å². The smallest absolute Gasteiger partial charge is 0.264 e. The van der Waals surface area contributed by atoms with Gasteiger partial charge in [0.1, 0.15) is 0 Å². The van der Waals surface area contributed by atoms with Crippen LogP contribution >= 0.6 is 11.6 Å². The summed E-state index contributed by atoms with van der Waals surface area (Å²) in [5, 5.41) is 0. The number of aryl methyl sites for hydroxylation is 2. The Balaban J connectivity index is 2.49. The minimum absolute atomic E-state index is 0.259. The molecule has 3 nitrogen and oxygen atoms in total. The van der Waals surface area contributed by atoms with Crippen molar-refractivity contribution in [1.29, 1.82) is 0 Å². The summed E-state index contributed by atoms with van der Waals surface area (Å²) in [7, 11) is -2.02. The van der Waals surface area contributed by atoms with Gasteiger partial charge in [-0.15, -0.1) is 11.6 Å². The van der Waals surface area contributed by atoms with E-state index in [1.165, 1.54) is 4.31 Å². The summed E-state index contributed by atoms with van der Waals surface area (Å²) in [6.07, 6.45) is 0. The van der Waals surface area contributed by atoms with E-state index < -0.39 is 10.0 Å². The second-order valence-electron chi connectivity index (χ2n) is 4.98. The van der Waals surface area contributed by atoms with Crippen molar-refractivity contribution in [3.05, 3.63) is 59.2 Å². The van der Waals surface area contributed by atoms with E-state index in [2.05, 4.69) is 0 Å². The van der Waals surface area contributed by atoms with Gasteiger partial charge in [-0.3, -0.25) is 4.31 Å². The lowest BCUT2D eigenvalue weighted by Crippen LogP contribution is -2.27. The minimum atomic E-state index is -3.59. The summed E-state index contributed by atoms with van der Waals surface area (Å²) >= 11 is 5.87. The second kappa shape index (κ2) is 6.08. The molecule has 0 amide bonds. The number of sulfonamides is 1. The zero-order valence-corrected chi connectivity index (χ0v) is 13.9. The fraction of sp³-hybridized carbons (Fsp3) is 0.250. The molecule has 0 saturated heterocycles. The van der Waals surface area contributed by atoms with Gasteiger partial charge in [0.05, 0.1) is 10.6 Å². The molecule has 0 saturated carbocycles. The van der Waals surface area contributed by atoms with Crippen LogP contribution in [0.4, 0.5) is 5.69 Å². The highest BCUT2D eigenvalue weighted by molar-refractivity contribution is 7.92. The van der Waals surface area contributed by atoms with Gasteiger partial charge >= 0.3 is 0 Å². The average Bonchev–Trinajstić information content (AvgIpc) is 2.47. The Kier molecular flexibility index (Phi) is 4.59. The fourth-order valence-corrected chi connectivity index (χ4v) is 3.76. The van der Waals surface area contributed by atoms with Crippen molar-refractivity contribution in [1.82, 2.24) is 0 Å². The number of hydrogen-bond donors (Lipinski definition) is 0. The van der Waals surface area contributed by atoms with E-state index in [4.69, 9.17) is 11.6 Å². The Hall–Kier alpha value is -1.52. The predicted molar refractivity (Wildman–Crippen MR) is 87.5 cm³/mol. The highest BCUT2D eigenvalue weighted by Crippen LogP contribution is 2.26. The molecule has 0 radical (unpaired) electrons. The highest BCUT2D eigenvalue weighted by atomic mass is 35.5. The molecule has 0 unspecified atom stereocenters. The lowest BCUT2D eigenvalue weighted by molar-refractivity contribution is 0.594. The number of anilines is 1. The van der Waals surface area contributed by atoms with Crippen molar-refractivity contribution in [2.24, 2.45) is 0 Å². The zero-order valence-electron chi connectivity index (χ0n) is 12.3. The maximum atomic E-state index is 12.7. The van der Waals surface area contributed by atoms with E-state index >= 15 is 0 Å². The standard InChI is InChI=1S/C16H18ClNO2S/c1-12-8-9-15(10-14(12)11-17)21(19,20)18(3)16-7-5-4-6-13(16)2/h4-10H,11H2,1-3H3. The van der Waals surface area contributed by atoms with Crippen LogP contribution in [0.2, 0.25) is 0 Å². The SMILES string of the molecule is Cc1ccc(S(=O)(=O)N(C)c2ccccc2C)cc1CCl. The molecule has 112 valence electrons. The van der Waals surface area contributed by atoms with Gasteiger partial charge in [0.15, 0.2) is 0 Å². The predicted octanol–water partition coefficient (Wildman–Crippen LogP) is 3.87. The molecule has 0 aliphatic heterocycles. The van der Waals surface area contributed by atoms with E-state index in [-0.39, 0.29) is 4.90 Å². The molecule has 0 aliphatic carbocycles. The topological polar surface area (TPSA) is 37.4 Å². The molecule has 21 heavy (non-hydrogen) atoms. The first-order valence-corrected chi connectivity index (χ1v) is 8.55. The van der Waals surface area contributed by atoms with Gasteiger partial charge in [-0.1, -0.05) is 24.3 Å². The summed E-state index contributed by atoms with van der Waals surface area (Å²) in [6.45, 7) is 3.81. The molecule has 2 rings (SSSR count). The first-order chi connectivity index (χ1) is 9.87. The Labute approximate surface area is 131 Å². The number of rotatable bonds is 4. The minimum Gasteiger partial charge on any atom is -0.269 e. The summed E-state index contributed by atoms with van der Waals surface area (Å²) in [4.78, 5) is 0.259. The van der Waals surface area contributed by atoms with E-state index in [1.54, 1.807) is 31.3 Å². The molecule has 0 aliphatic rings. The first kappa shape index (κ1) is 15.9. The van der Waals surface area contributed by atoms with Gasteiger partial charge in [-0.2, -0.15) is 0 Å². The van der Waals surface area contributed by atoms with Crippen molar-refractivity contribution >= 4 is 27.3 Å². The van der Waals surface area contributed by atoms with Crippen LogP contribution < -0.4 is 4.31 Å². The molecule has 0 atom stereocenters. The molecule has 0 N–H and O–H groups in total. The number of para-hydroxylation sites is 1. The van der Waals surface area contributed by atoms with Crippen LogP contribution in [0.1, 0.15) is 16.7 Å². The van der Waals surface area contributed by atoms with E-state index in [0.717, 1.165) is 16.7 Å². The molecule has 0 fully saturated rings. The second-order valence-corrected chi connectivity index (χ2v) is 7.22. The van der Waals surface area contributed by atoms with Crippen molar-refractivity contribution in [2.75, 3.05) is 11.4 Å². The van der Waals surface area contributed by atoms with Crippen molar-refractivity contribution in [2.45, 2.75) is 24.6 Å². The van der Waals surface area contributed by atoms with Crippen LogP contribution in [-0.2, 0) is 15.9 Å². The number of hydrogen-bond acceptors (Lipinski definition) is 2. The first-order valence-electron chi connectivity index (χ1n) is 6.58. The summed E-state index contributed by atoms with van der Waals surface area (Å²) in [5.41, 5.74) is 3.40. The fourth-order valence-electron chi connectivity index (χ4n) is 2.16. The Morgan fingerprint density at radius 2 is 1.71 bits per heavy atom. The van der Waals surface area contributed by atoms with Crippen LogP contribution in [0.5, 0.6) is 0 Å². The third kappa shape index (κ3) is 3.06. The normalized spacial score (nSPS) is 11.4. The maximum absolute atomic E-state index is 12.7. The van der Waals surface area contributed by atoms with Crippen molar-refractivity contribution in [3.63, 3.8) is 0 Å². The quantitative estimate of drug-likeness (QED) is 0.801. The molecular weight excluding hydrogens is 306 g/mol. The maximum Gasteiger partial charge on any atom is 0.264 e. The summed E-state index contributed by atoms with van der Waals surface area (Å²) in [6, 6.07) is 12.5. The molecule has 0 spiro atoms.